The lowest BCUT2D eigenvalue weighted by Crippen LogP contribution is -2.40. The number of anilines is 1. The summed E-state index contributed by atoms with van der Waals surface area (Å²) in [6.45, 7) is 2.72. The van der Waals surface area contributed by atoms with Crippen LogP contribution in [0.15, 0.2) is 48.8 Å². The highest BCUT2D eigenvalue weighted by molar-refractivity contribution is 5.92. The highest BCUT2D eigenvalue weighted by Gasteiger charge is 2.38. The quantitative estimate of drug-likeness (QED) is 0.274. The molecule has 0 aliphatic carbocycles. The van der Waals surface area contributed by atoms with Crippen LogP contribution in [0, 0.1) is 5.41 Å². The second-order valence-corrected chi connectivity index (χ2v) is 9.65. The number of aliphatic hydroxyl groups excluding tert-OH is 2. The number of H-pyrrole nitrogens is 1. The van der Waals surface area contributed by atoms with Gasteiger partial charge in [-0.25, -0.2) is 9.97 Å². The number of phenols is 1. The second-order valence-electron chi connectivity index (χ2n) is 9.65. The van der Waals surface area contributed by atoms with Gasteiger partial charge < -0.3 is 35.7 Å². The Kier molecular flexibility index (Phi) is 6.22. The normalized spacial score (nSPS) is 16.2. The number of benzene rings is 2. The van der Waals surface area contributed by atoms with Crippen molar-refractivity contribution >= 4 is 27.6 Å². The zero-order valence-corrected chi connectivity index (χ0v) is 19.7. The standard InChI is InChI=1S/C26H31N5O4/c1-26(13-32,14-33)25(35-19-3-5-20-22(12-19)29-15-28-20)21-4-2-16-10-18(34)11-23(24(16)30-21)31-8-6-17(27)7-9-31/h2-5,10-12,15,17,25,32-34H,6-9,13-14,27H2,1H3,(H,28,29). The molecule has 1 aliphatic heterocycles. The van der Waals surface area contributed by atoms with Crippen molar-refractivity contribution in [3.05, 3.63) is 54.5 Å². The number of pyridine rings is 1. The number of nitrogens with one attached hydrogen (secondary N) is 1. The third kappa shape index (κ3) is 4.50. The van der Waals surface area contributed by atoms with E-state index < -0.39 is 11.5 Å². The van der Waals surface area contributed by atoms with Crippen LogP contribution < -0.4 is 15.4 Å². The molecule has 0 amide bonds. The molecule has 9 heteroatoms. The van der Waals surface area contributed by atoms with E-state index in [1.807, 2.05) is 30.3 Å². The molecular formula is C26H31N5O4. The summed E-state index contributed by atoms with van der Waals surface area (Å²) in [5, 5.41) is 31.6. The molecule has 0 bridgehead atoms. The molecular weight excluding hydrogens is 446 g/mol. The molecule has 0 radical (unpaired) electrons. The van der Waals surface area contributed by atoms with E-state index in [1.165, 1.54) is 0 Å². The van der Waals surface area contributed by atoms with E-state index in [9.17, 15) is 15.3 Å². The zero-order chi connectivity index (χ0) is 24.6. The topological polar surface area (TPSA) is 141 Å². The number of aromatic nitrogens is 3. The molecule has 0 spiro atoms. The fourth-order valence-electron chi connectivity index (χ4n) is 4.64. The minimum Gasteiger partial charge on any atom is -0.508 e. The molecule has 0 saturated carbocycles. The number of piperidine rings is 1. The number of ether oxygens (including phenoxy) is 1. The Labute approximate surface area is 203 Å². The number of aromatic hydroxyl groups is 1. The zero-order valence-electron chi connectivity index (χ0n) is 19.7. The monoisotopic (exact) mass is 477 g/mol. The Balaban J connectivity index is 1.59. The van der Waals surface area contributed by atoms with Crippen molar-refractivity contribution in [2.45, 2.75) is 31.9 Å². The van der Waals surface area contributed by atoms with Crippen molar-refractivity contribution in [2.24, 2.45) is 11.1 Å². The van der Waals surface area contributed by atoms with Gasteiger partial charge in [-0.15, -0.1) is 0 Å². The molecule has 184 valence electrons. The highest BCUT2D eigenvalue weighted by Crippen LogP contribution is 2.39. The SMILES string of the molecule is CC(CO)(CO)C(Oc1ccc2nc[nH]c2c1)c1ccc2cc(O)cc(N3CCC(N)CC3)c2n1. The first-order chi connectivity index (χ1) is 16.9. The van der Waals surface area contributed by atoms with Crippen LogP contribution >= 0.6 is 0 Å². The third-order valence-corrected chi connectivity index (χ3v) is 6.93. The van der Waals surface area contributed by atoms with Crippen molar-refractivity contribution in [1.29, 1.82) is 0 Å². The first-order valence-corrected chi connectivity index (χ1v) is 11.9. The van der Waals surface area contributed by atoms with Crippen molar-refractivity contribution in [3.63, 3.8) is 0 Å². The van der Waals surface area contributed by atoms with Crippen LogP contribution in [0.1, 0.15) is 31.6 Å². The lowest BCUT2D eigenvalue weighted by atomic mass is 9.83. The van der Waals surface area contributed by atoms with E-state index in [0.29, 0.717) is 11.4 Å². The number of nitrogens with zero attached hydrogens (tertiary/aromatic N) is 3. The maximum absolute atomic E-state index is 10.4. The van der Waals surface area contributed by atoms with Gasteiger partial charge in [-0.05, 0) is 37.1 Å². The molecule has 1 saturated heterocycles. The van der Waals surface area contributed by atoms with Gasteiger partial charge in [0, 0.05) is 36.7 Å². The Bertz CT molecular complexity index is 1330. The van der Waals surface area contributed by atoms with Crippen molar-refractivity contribution < 1.29 is 20.1 Å². The highest BCUT2D eigenvalue weighted by atomic mass is 16.5. The number of nitrogens with two attached hydrogens (primary N) is 1. The van der Waals surface area contributed by atoms with Crippen LogP contribution in [-0.4, -0.2) is 62.6 Å². The van der Waals surface area contributed by atoms with Gasteiger partial charge in [0.15, 0.2) is 6.10 Å². The van der Waals surface area contributed by atoms with Crippen LogP contribution in [0.25, 0.3) is 21.9 Å². The Hall–Kier alpha value is -3.40. The summed E-state index contributed by atoms with van der Waals surface area (Å²) in [6, 6.07) is 12.8. The average molecular weight is 478 g/mol. The molecule has 1 atom stereocenters. The lowest BCUT2D eigenvalue weighted by molar-refractivity contribution is -0.0307. The van der Waals surface area contributed by atoms with Crippen LogP contribution in [0.2, 0.25) is 0 Å². The van der Waals surface area contributed by atoms with Gasteiger partial charge in [0.05, 0.1) is 52.9 Å². The molecule has 6 N–H and O–H groups in total. The van der Waals surface area contributed by atoms with E-state index in [1.54, 1.807) is 25.4 Å². The van der Waals surface area contributed by atoms with Crippen LogP contribution in [0.4, 0.5) is 5.69 Å². The summed E-state index contributed by atoms with van der Waals surface area (Å²) in [4.78, 5) is 14.5. The molecule has 4 aromatic rings. The summed E-state index contributed by atoms with van der Waals surface area (Å²) in [5.41, 5.74) is 8.88. The molecule has 1 unspecified atom stereocenters. The number of imidazole rings is 1. The van der Waals surface area contributed by atoms with Crippen molar-refractivity contribution in [1.82, 2.24) is 15.0 Å². The van der Waals surface area contributed by atoms with Gasteiger partial charge in [-0.1, -0.05) is 13.0 Å². The Morgan fingerprint density at radius 3 is 2.66 bits per heavy atom. The average Bonchev–Trinajstić information content (AvgIpc) is 3.35. The maximum Gasteiger partial charge on any atom is 0.150 e. The number of phenolic OH excluding ortho intramolecular Hbond substituents is 1. The Morgan fingerprint density at radius 1 is 1.14 bits per heavy atom. The fraction of sp³-hybridized carbons (Fsp3) is 0.385. The summed E-state index contributed by atoms with van der Waals surface area (Å²) < 4.78 is 6.39. The van der Waals surface area contributed by atoms with Crippen molar-refractivity contribution in [3.8, 4) is 11.5 Å². The first kappa shape index (κ1) is 23.3. The van der Waals surface area contributed by atoms with Crippen molar-refractivity contribution in [2.75, 3.05) is 31.2 Å². The molecule has 2 aromatic carbocycles. The van der Waals surface area contributed by atoms with Gasteiger partial charge in [0.1, 0.15) is 11.5 Å². The number of hydrogen-bond donors (Lipinski definition) is 5. The number of aromatic amines is 1. The predicted octanol–water partition coefficient (Wildman–Crippen LogP) is 2.86. The van der Waals surface area contributed by atoms with Crippen LogP contribution in [0.5, 0.6) is 11.5 Å². The first-order valence-electron chi connectivity index (χ1n) is 11.9. The summed E-state index contributed by atoms with van der Waals surface area (Å²) >= 11 is 0. The van der Waals surface area contributed by atoms with E-state index >= 15 is 0 Å². The number of rotatable bonds is 7. The number of fused-ring (bicyclic) bond motifs is 2. The Morgan fingerprint density at radius 2 is 1.91 bits per heavy atom. The van der Waals surface area contributed by atoms with Gasteiger partial charge in [-0.2, -0.15) is 0 Å². The molecule has 3 heterocycles. The maximum atomic E-state index is 10.4. The van der Waals surface area contributed by atoms with Gasteiger partial charge in [-0.3, -0.25) is 0 Å². The predicted molar refractivity (Wildman–Crippen MR) is 135 cm³/mol. The minimum atomic E-state index is -1.00. The van der Waals surface area contributed by atoms with E-state index in [2.05, 4.69) is 14.9 Å². The van der Waals surface area contributed by atoms with E-state index in [4.69, 9.17) is 15.5 Å². The molecule has 2 aromatic heterocycles. The number of hydrogen-bond acceptors (Lipinski definition) is 8. The fourth-order valence-corrected chi connectivity index (χ4v) is 4.64. The second kappa shape index (κ2) is 9.33. The van der Waals surface area contributed by atoms with Gasteiger partial charge >= 0.3 is 0 Å². The van der Waals surface area contributed by atoms with Gasteiger partial charge in [0.2, 0.25) is 0 Å². The van der Waals surface area contributed by atoms with Crippen LogP contribution in [-0.2, 0) is 0 Å². The molecule has 5 rings (SSSR count). The lowest BCUT2D eigenvalue weighted by Gasteiger charge is -2.35. The summed E-state index contributed by atoms with van der Waals surface area (Å²) in [5.74, 6) is 0.742. The van der Waals surface area contributed by atoms with Crippen LogP contribution in [0.3, 0.4) is 0 Å². The number of aliphatic hydroxyl groups is 2. The smallest absolute Gasteiger partial charge is 0.150 e. The molecule has 35 heavy (non-hydrogen) atoms. The largest absolute Gasteiger partial charge is 0.508 e. The van der Waals surface area contributed by atoms with E-state index in [0.717, 1.165) is 53.6 Å². The summed E-state index contributed by atoms with van der Waals surface area (Å²) in [7, 11) is 0. The molecule has 1 fully saturated rings. The molecule has 9 nitrogen and oxygen atoms in total. The van der Waals surface area contributed by atoms with Gasteiger partial charge in [0.25, 0.3) is 0 Å². The van der Waals surface area contributed by atoms with E-state index in [-0.39, 0.29) is 25.0 Å². The molecule has 1 aliphatic rings. The summed E-state index contributed by atoms with van der Waals surface area (Å²) in [6.07, 6.45) is 2.61. The minimum absolute atomic E-state index is 0.174. The third-order valence-electron chi connectivity index (χ3n) is 6.93.